The second kappa shape index (κ2) is 4.91. The van der Waals surface area contributed by atoms with Crippen LogP contribution < -0.4 is 4.90 Å². The number of aromatic carboxylic acids is 1. The zero-order chi connectivity index (χ0) is 14.0. The first-order valence-electron chi connectivity index (χ1n) is 5.59. The van der Waals surface area contributed by atoms with Crippen molar-refractivity contribution in [3.63, 3.8) is 0 Å². The quantitative estimate of drug-likeness (QED) is 0.840. The fraction of sp³-hybridized carbons (Fsp3) is 0.333. The van der Waals surface area contributed by atoms with Crippen LogP contribution in [0.25, 0.3) is 0 Å². The lowest BCUT2D eigenvalue weighted by Crippen LogP contribution is -2.32. The Morgan fingerprint density at radius 2 is 2.11 bits per heavy atom. The van der Waals surface area contributed by atoms with Gasteiger partial charge in [-0.05, 0) is 18.6 Å². The second-order valence-electron chi connectivity index (χ2n) is 4.11. The van der Waals surface area contributed by atoms with Crippen molar-refractivity contribution in [3.8, 4) is 0 Å². The molecule has 2 rings (SSSR count). The van der Waals surface area contributed by atoms with Gasteiger partial charge in [-0.3, -0.25) is 0 Å². The SMILES string of the molecule is O=C(O)c1cccc(N2CC=C(C(F)(F)F)CC2)n1. The van der Waals surface area contributed by atoms with Crippen molar-refractivity contribution >= 4 is 11.8 Å². The van der Waals surface area contributed by atoms with E-state index in [2.05, 4.69) is 4.98 Å². The molecule has 0 spiro atoms. The molecule has 1 aromatic rings. The highest BCUT2D eigenvalue weighted by atomic mass is 19.4. The summed E-state index contributed by atoms with van der Waals surface area (Å²) in [5.74, 6) is -0.789. The van der Waals surface area contributed by atoms with E-state index in [4.69, 9.17) is 5.11 Å². The summed E-state index contributed by atoms with van der Waals surface area (Å²) in [6.07, 6.45) is -3.30. The lowest BCUT2D eigenvalue weighted by molar-refractivity contribution is -0.0944. The Morgan fingerprint density at radius 1 is 1.37 bits per heavy atom. The second-order valence-corrected chi connectivity index (χ2v) is 4.11. The molecule has 102 valence electrons. The van der Waals surface area contributed by atoms with E-state index in [1.165, 1.54) is 12.1 Å². The van der Waals surface area contributed by atoms with Gasteiger partial charge in [-0.15, -0.1) is 0 Å². The van der Waals surface area contributed by atoms with Gasteiger partial charge in [0.1, 0.15) is 5.82 Å². The Hall–Kier alpha value is -2.05. The molecule has 0 bridgehead atoms. The lowest BCUT2D eigenvalue weighted by Gasteiger charge is -2.28. The standard InChI is InChI=1S/C12H11F3N2O2/c13-12(14,15)8-4-6-17(7-5-8)10-3-1-2-9(16-10)11(18)19/h1-4H,5-7H2,(H,18,19). The van der Waals surface area contributed by atoms with Gasteiger partial charge in [0.25, 0.3) is 0 Å². The fourth-order valence-corrected chi connectivity index (χ4v) is 1.85. The minimum atomic E-state index is -4.29. The molecule has 4 nitrogen and oxygen atoms in total. The van der Waals surface area contributed by atoms with E-state index < -0.39 is 17.7 Å². The first-order chi connectivity index (χ1) is 8.88. The van der Waals surface area contributed by atoms with E-state index in [1.807, 2.05) is 0 Å². The maximum Gasteiger partial charge on any atom is 0.412 e. The van der Waals surface area contributed by atoms with Gasteiger partial charge in [-0.25, -0.2) is 9.78 Å². The highest BCUT2D eigenvalue weighted by Crippen LogP contribution is 2.31. The van der Waals surface area contributed by atoms with Gasteiger partial charge < -0.3 is 10.0 Å². The first kappa shape index (κ1) is 13.4. The number of pyridine rings is 1. The summed E-state index contributed by atoms with van der Waals surface area (Å²) in [7, 11) is 0. The van der Waals surface area contributed by atoms with Crippen LogP contribution in [-0.2, 0) is 0 Å². The minimum absolute atomic E-state index is 0.0743. The van der Waals surface area contributed by atoms with E-state index in [-0.39, 0.29) is 25.2 Å². The van der Waals surface area contributed by atoms with Crippen LogP contribution in [0.3, 0.4) is 0 Å². The molecule has 1 aliphatic rings. The van der Waals surface area contributed by atoms with Gasteiger partial charge in [0.2, 0.25) is 0 Å². The highest BCUT2D eigenvalue weighted by Gasteiger charge is 2.34. The number of carbonyl (C=O) groups is 1. The number of nitrogens with zero attached hydrogens (tertiary/aromatic N) is 2. The lowest BCUT2D eigenvalue weighted by atomic mass is 10.1. The molecule has 0 saturated carbocycles. The normalized spacial score (nSPS) is 16.2. The third-order valence-electron chi connectivity index (χ3n) is 2.85. The molecule has 0 atom stereocenters. The van der Waals surface area contributed by atoms with Crippen molar-refractivity contribution in [2.75, 3.05) is 18.0 Å². The number of carboxylic acids is 1. The Bertz CT molecular complexity index is 526. The molecule has 0 radical (unpaired) electrons. The van der Waals surface area contributed by atoms with Gasteiger partial charge in [-0.1, -0.05) is 12.1 Å². The zero-order valence-electron chi connectivity index (χ0n) is 9.81. The molecule has 0 fully saturated rings. The topological polar surface area (TPSA) is 53.4 Å². The number of carboxylic acid groups (broad SMARTS) is 1. The van der Waals surface area contributed by atoms with Crippen LogP contribution in [0.5, 0.6) is 0 Å². The summed E-state index contributed by atoms with van der Waals surface area (Å²) in [4.78, 5) is 16.3. The Kier molecular flexibility index (Phi) is 3.46. The smallest absolute Gasteiger partial charge is 0.412 e. The van der Waals surface area contributed by atoms with Crippen molar-refractivity contribution in [2.24, 2.45) is 0 Å². The Balaban J connectivity index is 2.16. The van der Waals surface area contributed by atoms with E-state index in [1.54, 1.807) is 11.0 Å². The molecule has 1 aromatic heterocycles. The molecule has 0 aromatic carbocycles. The molecular weight excluding hydrogens is 261 g/mol. The zero-order valence-corrected chi connectivity index (χ0v) is 9.81. The van der Waals surface area contributed by atoms with Crippen LogP contribution in [0.1, 0.15) is 16.9 Å². The summed E-state index contributed by atoms with van der Waals surface area (Å²) in [6.45, 7) is 0.242. The highest BCUT2D eigenvalue weighted by molar-refractivity contribution is 5.85. The number of hydrogen-bond donors (Lipinski definition) is 1. The number of rotatable bonds is 2. The van der Waals surface area contributed by atoms with E-state index in [9.17, 15) is 18.0 Å². The first-order valence-corrected chi connectivity index (χ1v) is 5.59. The monoisotopic (exact) mass is 272 g/mol. The summed E-state index contributed by atoms with van der Waals surface area (Å²) in [5.41, 5.74) is -0.666. The number of anilines is 1. The molecular formula is C12H11F3N2O2. The van der Waals surface area contributed by atoms with Crippen molar-refractivity contribution in [1.82, 2.24) is 4.98 Å². The van der Waals surface area contributed by atoms with Crippen LogP contribution in [0, 0.1) is 0 Å². The fourth-order valence-electron chi connectivity index (χ4n) is 1.85. The average molecular weight is 272 g/mol. The van der Waals surface area contributed by atoms with Crippen molar-refractivity contribution in [1.29, 1.82) is 0 Å². The number of alkyl halides is 3. The number of hydrogen-bond acceptors (Lipinski definition) is 3. The maximum absolute atomic E-state index is 12.5. The summed E-state index contributed by atoms with van der Waals surface area (Å²) in [5, 5.41) is 8.81. The predicted molar refractivity (Wildman–Crippen MR) is 62.2 cm³/mol. The van der Waals surface area contributed by atoms with E-state index in [0.717, 1.165) is 6.08 Å². The van der Waals surface area contributed by atoms with Crippen molar-refractivity contribution in [2.45, 2.75) is 12.6 Å². The maximum atomic E-state index is 12.5. The Morgan fingerprint density at radius 3 is 2.63 bits per heavy atom. The van der Waals surface area contributed by atoms with Crippen molar-refractivity contribution in [3.05, 3.63) is 35.5 Å². The van der Waals surface area contributed by atoms with Crippen molar-refractivity contribution < 1.29 is 23.1 Å². The molecule has 0 aliphatic carbocycles. The van der Waals surface area contributed by atoms with Crippen LogP contribution in [0.4, 0.5) is 19.0 Å². The van der Waals surface area contributed by atoms with Gasteiger partial charge in [0, 0.05) is 18.7 Å². The Labute approximate surface area is 107 Å². The van der Waals surface area contributed by atoms with Crippen LogP contribution >= 0.6 is 0 Å². The van der Waals surface area contributed by atoms with E-state index >= 15 is 0 Å². The van der Waals surface area contributed by atoms with Crippen LogP contribution in [0.15, 0.2) is 29.8 Å². The third-order valence-corrected chi connectivity index (χ3v) is 2.85. The number of halogens is 3. The van der Waals surface area contributed by atoms with Gasteiger partial charge >= 0.3 is 12.1 Å². The summed E-state index contributed by atoms with van der Waals surface area (Å²) >= 11 is 0. The van der Waals surface area contributed by atoms with Gasteiger partial charge in [-0.2, -0.15) is 13.2 Å². The average Bonchev–Trinajstić information content (AvgIpc) is 2.38. The molecule has 0 amide bonds. The van der Waals surface area contributed by atoms with E-state index in [0.29, 0.717) is 5.82 Å². The van der Waals surface area contributed by atoms with Gasteiger partial charge in [0.15, 0.2) is 5.69 Å². The molecule has 2 heterocycles. The minimum Gasteiger partial charge on any atom is -0.477 e. The van der Waals surface area contributed by atoms with Crippen LogP contribution in [0.2, 0.25) is 0 Å². The van der Waals surface area contributed by atoms with Crippen LogP contribution in [-0.4, -0.2) is 35.3 Å². The predicted octanol–water partition coefficient (Wildman–Crippen LogP) is 2.48. The largest absolute Gasteiger partial charge is 0.477 e. The number of aromatic nitrogens is 1. The van der Waals surface area contributed by atoms with Gasteiger partial charge in [0.05, 0.1) is 0 Å². The molecule has 0 saturated heterocycles. The molecule has 7 heteroatoms. The molecule has 1 aliphatic heterocycles. The molecule has 0 unspecified atom stereocenters. The molecule has 19 heavy (non-hydrogen) atoms. The summed E-state index contributed by atoms with van der Waals surface area (Å²) < 4.78 is 37.4. The third kappa shape index (κ3) is 3.04. The molecule has 1 N–H and O–H groups in total. The summed E-state index contributed by atoms with van der Waals surface area (Å²) in [6, 6.07) is 4.44.